The minimum Gasteiger partial charge on any atom is -0.379 e. The highest BCUT2D eigenvalue weighted by Gasteiger charge is 2.48. The van der Waals surface area contributed by atoms with Crippen molar-refractivity contribution in [1.29, 1.82) is 0 Å². The number of carbonyl (C=O) groups is 2. The lowest BCUT2D eigenvalue weighted by molar-refractivity contribution is -0.262. The summed E-state index contributed by atoms with van der Waals surface area (Å²) in [5, 5.41) is 2.25. The standard InChI is InChI=1S/C18H34N2O6S4/c21-17-15(13-23-5-1-9-27)19(25-7-3-11-29)18(22)16(14-24-6-2-10-28)20(17)26-8-4-12-30/h15-16,27-30H,1-14H2/t15-,16-/m0/s1. The Bertz CT molecular complexity index is 450. The van der Waals surface area contributed by atoms with Crippen LogP contribution in [0, 0.1) is 0 Å². The van der Waals surface area contributed by atoms with Crippen molar-refractivity contribution in [2.45, 2.75) is 37.8 Å². The second-order valence-corrected chi connectivity index (χ2v) is 8.27. The molecule has 30 heavy (non-hydrogen) atoms. The number of nitrogens with zero attached hydrogens (tertiary/aromatic N) is 2. The van der Waals surface area contributed by atoms with Gasteiger partial charge in [-0.2, -0.15) is 50.5 Å². The minimum atomic E-state index is -0.929. The van der Waals surface area contributed by atoms with E-state index in [1.54, 1.807) is 0 Å². The minimum absolute atomic E-state index is 0.0128. The van der Waals surface area contributed by atoms with Gasteiger partial charge in [-0.25, -0.2) is 10.1 Å². The van der Waals surface area contributed by atoms with Gasteiger partial charge in [0, 0.05) is 13.2 Å². The van der Waals surface area contributed by atoms with Crippen LogP contribution in [0.1, 0.15) is 25.7 Å². The molecule has 1 saturated heterocycles. The van der Waals surface area contributed by atoms with Gasteiger partial charge in [0.15, 0.2) is 12.1 Å². The summed E-state index contributed by atoms with van der Waals surface area (Å²) in [5.74, 6) is 1.76. The summed E-state index contributed by atoms with van der Waals surface area (Å²) in [4.78, 5) is 37.7. The van der Waals surface area contributed by atoms with E-state index >= 15 is 0 Å². The molecule has 0 unspecified atom stereocenters. The summed E-state index contributed by atoms with van der Waals surface area (Å²) >= 11 is 16.6. The van der Waals surface area contributed by atoms with Gasteiger partial charge in [-0.1, -0.05) is 0 Å². The van der Waals surface area contributed by atoms with E-state index in [-0.39, 0.29) is 26.4 Å². The van der Waals surface area contributed by atoms with Crippen LogP contribution < -0.4 is 0 Å². The first-order valence-corrected chi connectivity index (χ1v) is 12.7. The Morgan fingerprint density at radius 2 is 0.933 bits per heavy atom. The van der Waals surface area contributed by atoms with E-state index in [1.807, 2.05) is 0 Å². The average Bonchev–Trinajstić information content (AvgIpc) is 2.74. The van der Waals surface area contributed by atoms with Gasteiger partial charge in [-0.3, -0.25) is 19.3 Å². The maximum absolute atomic E-state index is 13.2. The molecule has 1 fully saturated rings. The molecule has 0 saturated carbocycles. The fraction of sp³-hybridized carbons (Fsp3) is 0.889. The van der Waals surface area contributed by atoms with Crippen LogP contribution in [0.2, 0.25) is 0 Å². The van der Waals surface area contributed by atoms with Crippen molar-refractivity contribution in [2.75, 3.05) is 62.7 Å². The van der Waals surface area contributed by atoms with Gasteiger partial charge >= 0.3 is 0 Å². The number of piperazine rings is 1. The van der Waals surface area contributed by atoms with Gasteiger partial charge in [0.2, 0.25) is 0 Å². The Hall–Kier alpha value is 0.180. The van der Waals surface area contributed by atoms with Crippen molar-refractivity contribution in [3.63, 3.8) is 0 Å². The molecule has 0 aromatic rings. The van der Waals surface area contributed by atoms with Crippen LogP contribution in [0.3, 0.4) is 0 Å². The Labute approximate surface area is 201 Å². The van der Waals surface area contributed by atoms with Crippen LogP contribution >= 0.6 is 50.5 Å². The van der Waals surface area contributed by atoms with Gasteiger partial charge < -0.3 is 9.47 Å². The van der Waals surface area contributed by atoms with Crippen molar-refractivity contribution in [2.24, 2.45) is 0 Å². The largest absolute Gasteiger partial charge is 0.379 e. The summed E-state index contributed by atoms with van der Waals surface area (Å²) in [6.07, 6.45) is 2.75. The Morgan fingerprint density at radius 3 is 1.27 bits per heavy atom. The van der Waals surface area contributed by atoms with Gasteiger partial charge in [-0.05, 0) is 48.7 Å². The molecular weight excluding hydrogens is 468 g/mol. The second kappa shape index (κ2) is 17.7. The maximum atomic E-state index is 13.2. The van der Waals surface area contributed by atoms with Crippen LogP contribution in [-0.4, -0.2) is 96.7 Å². The van der Waals surface area contributed by atoms with E-state index in [9.17, 15) is 9.59 Å². The molecule has 0 aliphatic carbocycles. The molecule has 0 N–H and O–H groups in total. The molecule has 1 aliphatic rings. The maximum Gasteiger partial charge on any atom is 0.274 e. The zero-order valence-electron chi connectivity index (χ0n) is 17.2. The normalized spacial score (nSPS) is 19.7. The van der Waals surface area contributed by atoms with E-state index in [1.165, 1.54) is 0 Å². The van der Waals surface area contributed by atoms with Crippen molar-refractivity contribution in [3.8, 4) is 0 Å². The fourth-order valence-corrected chi connectivity index (χ4v) is 3.08. The van der Waals surface area contributed by atoms with Gasteiger partial charge in [0.25, 0.3) is 11.8 Å². The van der Waals surface area contributed by atoms with Crippen LogP contribution in [0.25, 0.3) is 0 Å². The highest BCUT2D eigenvalue weighted by Crippen LogP contribution is 2.21. The van der Waals surface area contributed by atoms with E-state index in [2.05, 4.69) is 50.5 Å². The Balaban J connectivity index is 2.95. The summed E-state index contributed by atoms with van der Waals surface area (Å²) in [5.41, 5.74) is 0. The predicted molar refractivity (Wildman–Crippen MR) is 129 cm³/mol. The molecule has 12 heteroatoms. The number of amides is 2. The molecule has 0 radical (unpaired) electrons. The number of ether oxygens (including phenoxy) is 2. The molecule has 1 aliphatic heterocycles. The third kappa shape index (κ3) is 9.76. The molecule has 0 bridgehead atoms. The molecule has 0 spiro atoms. The molecule has 1 rings (SSSR count). The third-order valence-electron chi connectivity index (χ3n) is 4.08. The summed E-state index contributed by atoms with van der Waals surface area (Å²) in [7, 11) is 0. The SMILES string of the molecule is O=C1[C@H](COCCCS)N(OCCCS)C(=O)[C@H](COCCCS)N1OCCCS. The second-order valence-electron chi connectivity index (χ2n) is 6.48. The molecule has 176 valence electrons. The third-order valence-corrected chi connectivity index (χ3v) is 5.35. The molecule has 8 nitrogen and oxygen atoms in total. The van der Waals surface area contributed by atoms with Crippen molar-refractivity contribution in [1.82, 2.24) is 10.1 Å². The van der Waals surface area contributed by atoms with Gasteiger partial charge in [-0.15, -0.1) is 0 Å². The average molecular weight is 503 g/mol. The van der Waals surface area contributed by atoms with Crippen LogP contribution in [0.4, 0.5) is 0 Å². The monoisotopic (exact) mass is 502 g/mol. The first kappa shape index (κ1) is 28.2. The fourth-order valence-electron chi connectivity index (χ4n) is 2.56. The lowest BCUT2D eigenvalue weighted by Gasteiger charge is -2.42. The first-order chi connectivity index (χ1) is 14.6. The number of hydrogen-bond acceptors (Lipinski definition) is 10. The van der Waals surface area contributed by atoms with Crippen molar-refractivity contribution in [3.05, 3.63) is 0 Å². The van der Waals surface area contributed by atoms with Crippen LogP contribution in [0.15, 0.2) is 0 Å². The number of hydroxylamine groups is 4. The van der Waals surface area contributed by atoms with Crippen molar-refractivity contribution >= 4 is 62.3 Å². The number of carbonyl (C=O) groups excluding carboxylic acids is 2. The summed E-state index contributed by atoms with van der Waals surface area (Å²) in [6, 6.07) is -1.86. The quantitative estimate of drug-likeness (QED) is 0.168. The molecule has 2 amide bonds. The van der Waals surface area contributed by atoms with Crippen LogP contribution in [-0.2, 0) is 28.7 Å². The highest BCUT2D eigenvalue weighted by molar-refractivity contribution is 7.80. The van der Waals surface area contributed by atoms with E-state index in [0.29, 0.717) is 49.1 Å². The smallest absolute Gasteiger partial charge is 0.274 e. The lowest BCUT2D eigenvalue weighted by atomic mass is 10.1. The molecule has 0 aromatic heterocycles. The summed E-state index contributed by atoms with van der Waals surface area (Å²) in [6.45, 7) is 1.43. The molecule has 1 heterocycles. The summed E-state index contributed by atoms with van der Waals surface area (Å²) < 4.78 is 11.2. The Morgan fingerprint density at radius 1 is 0.600 bits per heavy atom. The first-order valence-electron chi connectivity index (χ1n) is 10.1. The van der Waals surface area contributed by atoms with E-state index in [4.69, 9.17) is 19.1 Å². The van der Waals surface area contributed by atoms with Gasteiger partial charge in [0.1, 0.15) is 0 Å². The van der Waals surface area contributed by atoms with Gasteiger partial charge in [0.05, 0.1) is 26.4 Å². The topological polar surface area (TPSA) is 77.5 Å². The zero-order chi connectivity index (χ0) is 22.2. The number of rotatable bonds is 18. The number of thiol groups is 4. The predicted octanol–water partition coefficient (Wildman–Crippen LogP) is 1.57. The number of hydrogen-bond donors (Lipinski definition) is 4. The van der Waals surface area contributed by atoms with E-state index < -0.39 is 23.9 Å². The van der Waals surface area contributed by atoms with Crippen LogP contribution in [0.5, 0.6) is 0 Å². The van der Waals surface area contributed by atoms with Crippen molar-refractivity contribution < 1.29 is 28.7 Å². The lowest BCUT2D eigenvalue weighted by Crippen LogP contribution is -2.66. The Kier molecular flexibility index (Phi) is 16.6. The van der Waals surface area contributed by atoms with E-state index in [0.717, 1.165) is 23.0 Å². The molecule has 0 aromatic carbocycles. The molecule has 2 atom stereocenters. The molecular formula is C18H34N2O6S4. The zero-order valence-corrected chi connectivity index (χ0v) is 20.8. The highest BCUT2D eigenvalue weighted by atomic mass is 32.1.